The summed E-state index contributed by atoms with van der Waals surface area (Å²) in [7, 11) is 0. The number of hydrogen-bond donors (Lipinski definition) is 2. The summed E-state index contributed by atoms with van der Waals surface area (Å²) in [5.41, 5.74) is 0. The summed E-state index contributed by atoms with van der Waals surface area (Å²) in [5, 5.41) is 17.4. The fourth-order valence-corrected chi connectivity index (χ4v) is 2.72. The third-order valence-corrected chi connectivity index (χ3v) is 4.10. The molecule has 0 amide bonds. The lowest BCUT2D eigenvalue weighted by Crippen LogP contribution is -2.14. The standard InChI is InChI=1S/C18H39NO3/c1-2-22-18-16-14-12-10-8-6-4-3-5-7-9-11-13-15-17-19(20)21/h20-21H,2-18H2,1H3. The van der Waals surface area contributed by atoms with E-state index in [1.54, 1.807) is 0 Å². The number of rotatable bonds is 18. The summed E-state index contributed by atoms with van der Waals surface area (Å²) < 4.78 is 5.33. The molecule has 0 aliphatic rings. The van der Waals surface area contributed by atoms with Crippen LogP contribution in [0, 0.1) is 0 Å². The quantitative estimate of drug-likeness (QED) is 0.256. The summed E-state index contributed by atoms with van der Waals surface area (Å²) in [6.07, 6.45) is 18.0. The van der Waals surface area contributed by atoms with Crippen molar-refractivity contribution in [3.05, 3.63) is 0 Å². The number of ether oxygens (including phenoxy) is 1. The molecule has 0 atom stereocenters. The molecular formula is C18H39NO3. The molecule has 0 rings (SSSR count). The van der Waals surface area contributed by atoms with Crippen molar-refractivity contribution in [2.45, 2.75) is 96.8 Å². The van der Waals surface area contributed by atoms with Crippen molar-refractivity contribution in [2.75, 3.05) is 19.8 Å². The maximum atomic E-state index is 8.56. The van der Waals surface area contributed by atoms with E-state index in [0.717, 1.165) is 26.1 Å². The van der Waals surface area contributed by atoms with Gasteiger partial charge in [0.1, 0.15) is 0 Å². The summed E-state index contributed by atoms with van der Waals surface area (Å²) >= 11 is 0. The minimum Gasteiger partial charge on any atom is -0.382 e. The molecule has 0 heterocycles. The zero-order valence-electron chi connectivity index (χ0n) is 14.8. The van der Waals surface area contributed by atoms with Gasteiger partial charge in [0.05, 0.1) is 6.54 Å². The van der Waals surface area contributed by atoms with Crippen LogP contribution in [0.15, 0.2) is 0 Å². The van der Waals surface area contributed by atoms with Gasteiger partial charge < -0.3 is 4.74 Å². The van der Waals surface area contributed by atoms with Gasteiger partial charge in [0, 0.05) is 13.2 Å². The summed E-state index contributed by atoms with van der Waals surface area (Å²) in [6.45, 7) is 4.21. The van der Waals surface area contributed by atoms with Gasteiger partial charge in [-0.3, -0.25) is 10.4 Å². The second kappa shape index (κ2) is 18.9. The topological polar surface area (TPSA) is 52.9 Å². The lowest BCUT2D eigenvalue weighted by atomic mass is 10.0. The van der Waals surface area contributed by atoms with Crippen LogP contribution in [-0.2, 0) is 4.74 Å². The van der Waals surface area contributed by atoms with Crippen LogP contribution in [0.4, 0.5) is 0 Å². The monoisotopic (exact) mass is 317 g/mol. The first-order valence-corrected chi connectivity index (χ1v) is 9.50. The van der Waals surface area contributed by atoms with Gasteiger partial charge in [0.2, 0.25) is 0 Å². The second-order valence-corrected chi connectivity index (χ2v) is 6.24. The van der Waals surface area contributed by atoms with Crippen LogP contribution in [0.25, 0.3) is 0 Å². The van der Waals surface area contributed by atoms with E-state index in [0.29, 0.717) is 11.8 Å². The molecule has 4 nitrogen and oxygen atoms in total. The smallest absolute Gasteiger partial charge is 0.0512 e. The van der Waals surface area contributed by atoms with E-state index in [2.05, 4.69) is 6.92 Å². The maximum absolute atomic E-state index is 8.56. The van der Waals surface area contributed by atoms with Crippen molar-refractivity contribution in [3.63, 3.8) is 0 Å². The lowest BCUT2D eigenvalue weighted by molar-refractivity contribution is -0.306. The van der Waals surface area contributed by atoms with E-state index in [-0.39, 0.29) is 0 Å². The number of hydrogen-bond acceptors (Lipinski definition) is 4. The van der Waals surface area contributed by atoms with E-state index in [1.165, 1.54) is 77.0 Å². The van der Waals surface area contributed by atoms with Gasteiger partial charge in [-0.1, -0.05) is 82.3 Å². The number of hydroxylamine groups is 2. The normalized spacial score (nSPS) is 11.5. The van der Waals surface area contributed by atoms with Crippen LogP contribution in [0.3, 0.4) is 0 Å². The first-order chi connectivity index (χ1) is 10.8. The zero-order valence-corrected chi connectivity index (χ0v) is 14.8. The van der Waals surface area contributed by atoms with Gasteiger partial charge in [-0.15, -0.1) is 0 Å². The van der Waals surface area contributed by atoms with Crippen LogP contribution in [0.1, 0.15) is 96.8 Å². The SMILES string of the molecule is CCOCCCCCCCCCCCCCCCCN(O)O. The Labute approximate surface area is 137 Å². The number of nitrogens with zero attached hydrogens (tertiary/aromatic N) is 1. The highest BCUT2D eigenvalue weighted by Gasteiger charge is 1.96. The zero-order chi connectivity index (χ0) is 16.3. The van der Waals surface area contributed by atoms with Crippen LogP contribution in [0.5, 0.6) is 0 Å². The average Bonchev–Trinajstić information content (AvgIpc) is 2.50. The molecule has 0 saturated heterocycles. The first kappa shape index (κ1) is 21.8. The van der Waals surface area contributed by atoms with Gasteiger partial charge in [0.25, 0.3) is 0 Å². The van der Waals surface area contributed by atoms with E-state index in [9.17, 15) is 0 Å². The Hall–Kier alpha value is -0.160. The molecule has 22 heavy (non-hydrogen) atoms. The molecule has 0 bridgehead atoms. The summed E-state index contributed by atoms with van der Waals surface area (Å²) in [4.78, 5) is 0. The van der Waals surface area contributed by atoms with Crippen molar-refractivity contribution in [3.8, 4) is 0 Å². The molecule has 0 unspecified atom stereocenters. The summed E-state index contributed by atoms with van der Waals surface area (Å²) in [6, 6.07) is 0. The van der Waals surface area contributed by atoms with Crippen molar-refractivity contribution >= 4 is 0 Å². The van der Waals surface area contributed by atoms with E-state index in [1.807, 2.05) is 0 Å². The van der Waals surface area contributed by atoms with Crippen LogP contribution >= 0.6 is 0 Å². The molecule has 0 aromatic carbocycles. The van der Waals surface area contributed by atoms with Gasteiger partial charge in [0.15, 0.2) is 0 Å². The molecule has 4 heteroatoms. The molecule has 0 fully saturated rings. The first-order valence-electron chi connectivity index (χ1n) is 9.50. The minimum absolute atomic E-state index is 0.291. The van der Waals surface area contributed by atoms with E-state index < -0.39 is 0 Å². The third kappa shape index (κ3) is 19.8. The van der Waals surface area contributed by atoms with Gasteiger partial charge in [-0.25, -0.2) is 0 Å². The fourth-order valence-electron chi connectivity index (χ4n) is 2.72. The predicted octanol–water partition coefficient (Wildman–Crippen LogP) is 5.56. The van der Waals surface area contributed by atoms with Gasteiger partial charge >= 0.3 is 0 Å². The average molecular weight is 318 g/mol. The van der Waals surface area contributed by atoms with Gasteiger partial charge in [-0.05, 0) is 19.8 Å². The Bertz CT molecular complexity index is 201. The highest BCUT2D eigenvalue weighted by atomic mass is 16.8. The van der Waals surface area contributed by atoms with Crippen molar-refractivity contribution < 1.29 is 15.2 Å². The largest absolute Gasteiger partial charge is 0.382 e. The van der Waals surface area contributed by atoms with Crippen LogP contribution in [-0.4, -0.2) is 35.4 Å². The molecule has 0 aliphatic carbocycles. The highest BCUT2D eigenvalue weighted by molar-refractivity contribution is 4.49. The Balaban J connectivity index is 2.94. The highest BCUT2D eigenvalue weighted by Crippen LogP contribution is 2.13. The molecule has 0 aliphatic heterocycles. The third-order valence-electron chi connectivity index (χ3n) is 4.10. The van der Waals surface area contributed by atoms with E-state index >= 15 is 0 Å². The van der Waals surface area contributed by atoms with Gasteiger partial charge in [-0.2, -0.15) is 0 Å². The molecule has 0 spiro atoms. The molecule has 0 aromatic rings. The Morgan fingerprint density at radius 2 is 0.955 bits per heavy atom. The van der Waals surface area contributed by atoms with Crippen LogP contribution < -0.4 is 0 Å². The minimum atomic E-state index is 0.291. The Morgan fingerprint density at radius 1 is 0.591 bits per heavy atom. The molecule has 0 saturated carbocycles. The molecule has 134 valence electrons. The lowest BCUT2D eigenvalue weighted by Gasteiger charge is -2.05. The summed E-state index contributed by atoms with van der Waals surface area (Å²) in [5.74, 6) is 0. The second-order valence-electron chi connectivity index (χ2n) is 6.24. The van der Waals surface area contributed by atoms with Crippen molar-refractivity contribution in [1.82, 2.24) is 5.23 Å². The predicted molar refractivity (Wildman–Crippen MR) is 91.4 cm³/mol. The van der Waals surface area contributed by atoms with Crippen molar-refractivity contribution in [1.29, 1.82) is 0 Å². The van der Waals surface area contributed by atoms with Crippen molar-refractivity contribution in [2.24, 2.45) is 0 Å². The van der Waals surface area contributed by atoms with E-state index in [4.69, 9.17) is 15.2 Å². The maximum Gasteiger partial charge on any atom is 0.0512 e. The van der Waals surface area contributed by atoms with Crippen LogP contribution in [0.2, 0.25) is 0 Å². The molecule has 0 radical (unpaired) electrons. The molecule has 0 aromatic heterocycles. The number of unbranched alkanes of at least 4 members (excludes halogenated alkanes) is 13. The molecular weight excluding hydrogens is 278 g/mol. The Morgan fingerprint density at radius 3 is 1.32 bits per heavy atom. The molecule has 2 N–H and O–H groups in total. The Kier molecular flexibility index (Phi) is 18.8. The fraction of sp³-hybridized carbons (Fsp3) is 1.00.